The molecular weight excluding hydrogens is 110 g/mol. The van der Waals surface area contributed by atoms with Crippen molar-refractivity contribution in [3.63, 3.8) is 0 Å². The number of allylic oxidation sites excluding steroid dienone is 2. The molecule has 0 aromatic carbocycles. The average molecular weight is 113 g/mol. The lowest BCUT2D eigenvalue weighted by Crippen LogP contribution is -1.98. The minimum absolute atomic E-state index is 0.513. The summed E-state index contributed by atoms with van der Waals surface area (Å²) in [5, 5.41) is 3.20. The molecule has 0 radical (unpaired) electrons. The summed E-state index contributed by atoms with van der Waals surface area (Å²) in [4.78, 5) is 0. The number of rotatable bonds is 0. The Kier molecular flexibility index (Phi) is 1.14. The minimum atomic E-state index is 0.513. The highest BCUT2D eigenvalue weighted by molar-refractivity contribution is 6.29. The molecule has 0 saturated heterocycles. The summed E-state index contributed by atoms with van der Waals surface area (Å²) in [5.41, 5.74) is 2.74. The van der Waals surface area contributed by atoms with Gasteiger partial charge in [-0.3, -0.25) is 0 Å². The van der Waals surface area contributed by atoms with Crippen molar-refractivity contribution in [2.45, 2.75) is 0 Å². The predicted molar refractivity (Wildman–Crippen MR) is 28.4 cm³/mol. The van der Waals surface area contributed by atoms with Crippen LogP contribution in [-0.2, 0) is 0 Å². The Morgan fingerprint density at radius 1 is 1.86 bits per heavy atom. The van der Waals surface area contributed by atoms with Crippen LogP contribution in [-0.4, -0.2) is 0 Å². The van der Waals surface area contributed by atoms with E-state index in [0.717, 1.165) is 0 Å². The van der Waals surface area contributed by atoms with Crippen LogP contribution < -0.4 is 5.32 Å². The van der Waals surface area contributed by atoms with Gasteiger partial charge in [0, 0.05) is 0 Å². The molecular formula is C5H3ClN+. The molecule has 0 spiro atoms. The highest BCUT2D eigenvalue weighted by Crippen LogP contribution is 1.96. The van der Waals surface area contributed by atoms with E-state index in [0.29, 0.717) is 5.16 Å². The molecule has 1 aliphatic heterocycles. The number of halogens is 1. The molecule has 0 aromatic heterocycles. The topological polar surface area (TPSA) is 12.0 Å². The van der Waals surface area contributed by atoms with E-state index in [1.807, 2.05) is 0 Å². The van der Waals surface area contributed by atoms with Crippen molar-refractivity contribution < 1.29 is 0 Å². The number of nitrogens with one attached hydrogen (secondary N) is 1. The second kappa shape index (κ2) is 1.81. The van der Waals surface area contributed by atoms with E-state index in [9.17, 15) is 0 Å². The molecule has 34 valence electrons. The summed E-state index contributed by atoms with van der Waals surface area (Å²) in [6.45, 7) is 0. The summed E-state index contributed by atoms with van der Waals surface area (Å²) in [7, 11) is 0. The SMILES string of the molecule is ClC1=[C+]C=C=CN1. The molecule has 1 heterocycles. The average Bonchev–Trinajstić information content (AvgIpc) is 1.69. The van der Waals surface area contributed by atoms with Gasteiger partial charge in [0.05, 0.1) is 0 Å². The van der Waals surface area contributed by atoms with Crippen LogP contribution in [0.5, 0.6) is 0 Å². The van der Waals surface area contributed by atoms with Gasteiger partial charge < -0.3 is 5.32 Å². The second-order valence-electron chi connectivity index (χ2n) is 1.06. The minimum Gasteiger partial charge on any atom is -0.302 e. The molecule has 0 atom stereocenters. The largest absolute Gasteiger partial charge is 0.302 e. The lowest BCUT2D eigenvalue weighted by molar-refractivity contribution is 1.14. The molecule has 0 aliphatic carbocycles. The van der Waals surface area contributed by atoms with Crippen molar-refractivity contribution in [1.82, 2.24) is 5.32 Å². The highest BCUT2D eigenvalue weighted by atomic mass is 35.5. The van der Waals surface area contributed by atoms with Crippen molar-refractivity contribution in [1.29, 1.82) is 0 Å². The molecule has 0 aromatic rings. The van der Waals surface area contributed by atoms with Crippen LogP contribution in [0.4, 0.5) is 0 Å². The molecule has 0 fully saturated rings. The molecule has 0 bridgehead atoms. The lowest BCUT2D eigenvalue weighted by atomic mass is 10.5. The normalized spacial score (nSPS) is 14.7. The lowest BCUT2D eigenvalue weighted by Gasteiger charge is -1.83. The van der Waals surface area contributed by atoms with Crippen molar-refractivity contribution in [2.75, 3.05) is 0 Å². The van der Waals surface area contributed by atoms with Gasteiger partial charge in [-0.15, -0.1) is 0 Å². The molecule has 0 amide bonds. The van der Waals surface area contributed by atoms with Crippen LogP contribution in [0.15, 0.2) is 23.2 Å². The van der Waals surface area contributed by atoms with E-state index < -0.39 is 0 Å². The molecule has 0 saturated carbocycles. The summed E-state index contributed by atoms with van der Waals surface area (Å²) >= 11 is 5.41. The Hall–Kier alpha value is -0.740. The van der Waals surface area contributed by atoms with E-state index in [4.69, 9.17) is 11.6 Å². The first-order valence-corrected chi connectivity index (χ1v) is 2.22. The first-order valence-electron chi connectivity index (χ1n) is 1.84. The van der Waals surface area contributed by atoms with Gasteiger partial charge in [0.2, 0.25) is 6.08 Å². The Morgan fingerprint density at radius 2 is 2.71 bits per heavy atom. The Balaban J connectivity index is 2.77. The summed E-state index contributed by atoms with van der Waals surface area (Å²) in [5.74, 6) is 0. The Labute approximate surface area is 47.0 Å². The first-order chi connectivity index (χ1) is 3.39. The van der Waals surface area contributed by atoms with Gasteiger partial charge in [-0.1, -0.05) is 0 Å². The number of hydrogen-bond donors (Lipinski definition) is 1. The maximum atomic E-state index is 5.41. The molecule has 1 nitrogen and oxygen atoms in total. The van der Waals surface area contributed by atoms with Crippen LogP contribution in [0, 0.1) is 6.08 Å². The third-order valence-electron chi connectivity index (χ3n) is 0.564. The van der Waals surface area contributed by atoms with Crippen LogP contribution in [0.25, 0.3) is 0 Å². The van der Waals surface area contributed by atoms with Crippen molar-refractivity contribution in [2.24, 2.45) is 0 Å². The standard InChI is InChI=1S/C5H3ClN/c6-5-3-1-2-4-7-5/h1,4,7H/q+1. The predicted octanol–water partition coefficient (Wildman–Crippen LogP) is 1.14. The molecule has 2 heteroatoms. The zero-order valence-electron chi connectivity index (χ0n) is 3.53. The van der Waals surface area contributed by atoms with Gasteiger partial charge in [-0.2, -0.15) is 0 Å². The van der Waals surface area contributed by atoms with Crippen LogP contribution in [0.2, 0.25) is 0 Å². The van der Waals surface area contributed by atoms with Crippen LogP contribution >= 0.6 is 11.6 Å². The maximum absolute atomic E-state index is 5.41. The quantitative estimate of drug-likeness (QED) is 0.282. The third kappa shape index (κ3) is 1.06. The van der Waals surface area contributed by atoms with Gasteiger partial charge in [0.15, 0.2) is 6.20 Å². The van der Waals surface area contributed by atoms with Crippen molar-refractivity contribution in [3.05, 3.63) is 29.2 Å². The van der Waals surface area contributed by atoms with Crippen molar-refractivity contribution >= 4 is 11.6 Å². The summed E-state index contributed by atoms with van der Waals surface area (Å²) in [6, 6.07) is 0. The number of hydrogen-bond acceptors (Lipinski definition) is 1. The maximum Gasteiger partial charge on any atom is 0.257 e. The zero-order chi connectivity index (χ0) is 5.11. The highest BCUT2D eigenvalue weighted by Gasteiger charge is 1.96. The van der Waals surface area contributed by atoms with E-state index in [-0.39, 0.29) is 0 Å². The van der Waals surface area contributed by atoms with Crippen molar-refractivity contribution in [3.8, 4) is 0 Å². The van der Waals surface area contributed by atoms with E-state index in [1.165, 1.54) is 0 Å². The van der Waals surface area contributed by atoms with E-state index in [2.05, 4.69) is 17.1 Å². The van der Waals surface area contributed by atoms with Crippen LogP contribution in [0.1, 0.15) is 0 Å². The molecule has 1 aliphatic rings. The fourth-order valence-corrected chi connectivity index (χ4v) is 0.402. The zero-order valence-corrected chi connectivity index (χ0v) is 4.29. The second-order valence-corrected chi connectivity index (χ2v) is 1.44. The van der Waals surface area contributed by atoms with Gasteiger partial charge >= 0.3 is 0 Å². The first kappa shape index (κ1) is 4.42. The fraction of sp³-hybridized carbons (Fsp3) is 0. The Morgan fingerprint density at radius 3 is 3.00 bits per heavy atom. The molecule has 1 rings (SSSR count). The molecule has 7 heavy (non-hydrogen) atoms. The smallest absolute Gasteiger partial charge is 0.257 e. The van der Waals surface area contributed by atoms with Crippen LogP contribution in [0.3, 0.4) is 0 Å². The van der Waals surface area contributed by atoms with Gasteiger partial charge in [0.25, 0.3) is 5.16 Å². The fourth-order valence-electron chi connectivity index (χ4n) is 0.293. The third-order valence-corrected chi connectivity index (χ3v) is 0.783. The monoisotopic (exact) mass is 112 g/mol. The van der Waals surface area contributed by atoms with E-state index in [1.54, 1.807) is 12.3 Å². The Bertz CT molecular complexity index is 151. The summed E-state index contributed by atoms with van der Waals surface area (Å²) in [6.07, 6.45) is 5.93. The van der Waals surface area contributed by atoms with Gasteiger partial charge in [0.1, 0.15) is 11.8 Å². The molecule has 0 unspecified atom stereocenters. The van der Waals surface area contributed by atoms with Gasteiger partial charge in [-0.25, -0.2) is 0 Å². The van der Waals surface area contributed by atoms with E-state index >= 15 is 0 Å². The summed E-state index contributed by atoms with van der Waals surface area (Å²) < 4.78 is 0. The molecule has 1 N–H and O–H groups in total. The van der Waals surface area contributed by atoms with Gasteiger partial charge in [-0.05, 0) is 11.6 Å².